The number of esters is 1. The van der Waals surface area contributed by atoms with Crippen molar-refractivity contribution in [3.63, 3.8) is 0 Å². The van der Waals surface area contributed by atoms with Crippen molar-refractivity contribution in [3.8, 4) is 0 Å². The summed E-state index contributed by atoms with van der Waals surface area (Å²) in [6.07, 6.45) is 18.7. The van der Waals surface area contributed by atoms with Crippen LogP contribution in [0.3, 0.4) is 0 Å². The van der Waals surface area contributed by atoms with Crippen LogP contribution in [-0.4, -0.2) is 61.9 Å². The summed E-state index contributed by atoms with van der Waals surface area (Å²) < 4.78 is 13.3. The molecule has 41 heavy (non-hydrogen) atoms. The van der Waals surface area contributed by atoms with Crippen LogP contribution in [0, 0.1) is 0 Å². The van der Waals surface area contributed by atoms with E-state index in [9.17, 15) is 14.7 Å². The minimum atomic E-state index is -0.661. The van der Waals surface area contributed by atoms with Crippen LogP contribution in [-0.2, 0) is 19.1 Å². The van der Waals surface area contributed by atoms with Gasteiger partial charge < -0.3 is 25.6 Å². The average molecular weight is 575 g/mol. The summed E-state index contributed by atoms with van der Waals surface area (Å²) in [7, 11) is 0. The van der Waals surface area contributed by atoms with E-state index >= 15 is 0 Å². The summed E-state index contributed by atoms with van der Waals surface area (Å²) in [5, 5.41) is 12.6. The second-order valence-electron chi connectivity index (χ2n) is 11.1. The zero-order valence-corrected chi connectivity index (χ0v) is 24.8. The number of hydrogen-bond donors (Lipinski definition) is 3. The molecule has 2 aromatic rings. The molecule has 1 unspecified atom stereocenters. The highest BCUT2D eigenvalue weighted by molar-refractivity contribution is 5.81. The van der Waals surface area contributed by atoms with E-state index in [1.165, 1.54) is 70.4 Å². The summed E-state index contributed by atoms with van der Waals surface area (Å²) in [4.78, 5) is 37.1. The Morgan fingerprint density at radius 2 is 1.63 bits per heavy atom. The number of fused-ring (bicyclic) bond motifs is 1. The molecule has 0 spiro atoms. The number of anilines is 1. The number of aliphatic hydroxyl groups excluding tert-OH is 1. The van der Waals surface area contributed by atoms with Crippen LogP contribution in [0.5, 0.6) is 0 Å². The minimum absolute atomic E-state index is 0.116. The molecule has 3 rings (SSSR count). The Bertz CT molecular complexity index is 1050. The fraction of sp³-hybridized carbons (Fsp3) is 0.767. The van der Waals surface area contributed by atoms with E-state index < -0.39 is 18.4 Å². The van der Waals surface area contributed by atoms with E-state index in [-0.39, 0.29) is 30.7 Å². The number of ether oxygens (including phenoxy) is 2. The van der Waals surface area contributed by atoms with Gasteiger partial charge in [0.15, 0.2) is 17.7 Å². The lowest BCUT2D eigenvalue weighted by molar-refractivity contribution is -0.155. The number of nitrogens with two attached hydrogens (primary N) is 1. The smallest absolute Gasteiger partial charge is 0.306 e. The molecule has 1 aliphatic rings. The number of nitrogens with zero attached hydrogens (tertiary/aromatic N) is 4. The lowest BCUT2D eigenvalue weighted by Crippen LogP contribution is -2.25. The van der Waals surface area contributed by atoms with Crippen molar-refractivity contribution >= 4 is 28.9 Å². The Kier molecular flexibility index (Phi) is 14.8. The van der Waals surface area contributed by atoms with Crippen LogP contribution in [0.4, 0.5) is 5.82 Å². The molecule has 4 N–H and O–H groups in total. The SMILES string of the molecule is CCCCCCCCCCCCCC(=O)NCCCCCC(=O)OC1C[C@@H](CO)O[C@H]1n1cnc2c(N)ncnc21. The predicted molar refractivity (Wildman–Crippen MR) is 158 cm³/mol. The fourth-order valence-electron chi connectivity index (χ4n) is 5.31. The molecule has 230 valence electrons. The molecule has 1 aliphatic heterocycles. The Balaban J connectivity index is 1.23. The fourth-order valence-corrected chi connectivity index (χ4v) is 5.31. The van der Waals surface area contributed by atoms with Crippen LogP contribution in [0.15, 0.2) is 12.7 Å². The summed E-state index contributed by atoms with van der Waals surface area (Å²) in [5.41, 5.74) is 6.81. The third kappa shape index (κ3) is 11.2. The number of carbonyl (C=O) groups excluding carboxylic acids is 2. The van der Waals surface area contributed by atoms with Crippen molar-refractivity contribution in [1.29, 1.82) is 0 Å². The minimum Gasteiger partial charge on any atom is -0.457 e. The van der Waals surface area contributed by atoms with E-state index in [4.69, 9.17) is 15.2 Å². The number of nitrogen functional groups attached to an aromatic ring is 1. The van der Waals surface area contributed by atoms with Crippen LogP contribution in [0.25, 0.3) is 11.2 Å². The van der Waals surface area contributed by atoms with Crippen LogP contribution < -0.4 is 11.1 Å². The van der Waals surface area contributed by atoms with Crippen molar-refractivity contribution in [2.45, 2.75) is 135 Å². The molecule has 0 saturated carbocycles. The van der Waals surface area contributed by atoms with Gasteiger partial charge in [-0.05, 0) is 19.3 Å². The number of aliphatic hydroxyl groups is 1. The van der Waals surface area contributed by atoms with Gasteiger partial charge in [-0.3, -0.25) is 14.2 Å². The molecule has 0 aliphatic carbocycles. The number of amides is 1. The summed E-state index contributed by atoms with van der Waals surface area (Å²) >= 11 is 0. The molecule has 3 heterocycles. The van der Waals surface area contributed by atoms with E-state index in [2.05, 4.69) is 27.2 Å². The van der Waals surface area contributed by atoms with E-state index in [1.54, 1.807) is 4.57 Å². The number of aromatic nitrogens is 4. The second kappa shape index (κ2) is 18.6. The first kappa shape index (κ1) is 32.7. The topological polar surface area (TPSA) is 154 Å². The van der Waals surface area contributed by atoms with E-state index in [1.807, 2.05) is 0 Å². The van der Waals surface area contributed by atoms with Gasteiger partial charge in [-0.15, -0.1) is 0 Å². The van der Waals surface area contributed by atoms with Gasteiger partial charge in [0.25, 0.3) is 0 Å². The number of imidazole rings is 1. The zero-order valence-electron chi connectivity index (χ0n) is 24.8. The summed E-state index contributed by atoms with van der Waals surface area (Å²) in [6, 6.07) is 0. The monoisotopic (exact) mass is 574 g/mol. The number of nitrogens with one attached hydrogen (secondary N) is 1. The first-order valence-electron chi connectivity index (χ1n) is 15.7. The maximum atomic E-state index is 12.6. The number of carbonyl (C=O) groups is 2. The quantitative estimate of drug-likeness (QED) is 0.138. The molecule has 1 amide bonds. The lowest BCUT2D eigenvalue weighted by atomic mass is 10.1. The molecule has 11 heteroatoms. The maximum absolute atomic E-state index is 12.6. The van der Waals surface area contributed by atoms with E-state index in [0.29, 0.717) is 37.0 Å². The van der Waals surface area contributed by atoms with Crippen LogP contribution in [0.1, 0.15) is 122 Å². The lowest BCUT2D eigenvalue weighted by Gasteiger charge is -2.20. The largest absolute Gasteiger partial charge is 0.457 e. The number of hydrogen-bond acceptors (Lipinski definition) is 9. The average Bonchev–Trinajstić information content (AvgIpc) is 3.58. The Morgan fingerprint density at radius 1 is 0.976 bits per heavy atom. The third-order valence-electron chi connectivity index (χ3n) is 7.68. The molecule has 1 fully saturated rings. The molecule has 0 aromatic carbocycles. The third-order valence-corrected chi connectivity index (χ3v) is 7.68. The molecule has 11 nitrogen and oxygen atoms in total. The van der Waals surface area contributed by atoms with Crippen LogP contribution in [0.2, 0.25) is 0 Å². The standard InChI is InChI=1S/C30H50N6O5/c1-2-3-4-5-6-7-8-9-10-11-13-16-25(38)32-18-15-12-14-17-26(39)41-24-19-23(20-37)40-30(24)36-22-35-27-28(31)33-21-34-29(27)36/h21-24,30,37H,2-20H2,1H3,(H,32,38)(H2,31,33,34)/t23-,24?,30+/m0/s1. The van der Waals surface area contributed by atoms with Gasteiger partial charge in [-0.25, -0.2) is 15.0 Å². The van der Waals surface area contributed by atoms with Crippen molar-refractivity contribution in [2.24, 2.45) is 0 Å². The molecule has 1 saturated heterocycles. The van der Waals surface area contributed by atoms with Crippen molar-refractivity contribution in [2.75, 3.05) is 18.9 Å². The molecule has 0 radical (unpaired) electrons. The maximum Gasteiger partial charge on any atom is 0.306 e. The molecule has 3 atom stereocenters. The van der Waals surface area contributed by atoms with Gasteiger partial charge >= 0.3 is 5.97 Å². The first-order chi connectivity index (χ1) is 20.0. The molecular weight excluding hydrogens is 524 g/mol. The van der Waals surface area contributed by atoms with Gasteiger partial charge in [0.05, 0.1) is 19.0 Å². The predicted octanol–water partition coefficient (Wildman–Crippen LogP) is 4.98. The van der Waals surface area contributed by atoms with E-state index in [0.717, 1.165) is 25.7 Å². The van der Waals surface area contributed by atoms with Gasteiger partial charge in [0.2, 0.25) is 5.91 Å². The van der Waals surface area contributed by atoms with Crippen molar-refractivity contribution < 1.29 is 24.2 Å². The van der Waals surface area contributed by atoms with Gasteiger partial charge in [0, 0.05) is 25.8 Å². The summed E-state index contributed by atoms with van der Waals surface area (Å²) in [5.74, 6) is 0.0515. The molecule has 0 bridgehead atoms. The van der Waals surface area contributed by atoms with Gasteiger partial charge in [0.1, 0.15) is 17.9 Å². The Morgan fingerprint density at radius 3 is 2.34 bits per heavy atom. The molecular formula is C30H50N6O5. The van der Waals surface area contributed by atoms with Crippen molar-refractivity contribution in [1.82, 2.24) is 24.8 Å². The van der Waals surface area contributed by atoms with Gasteiger partial charge in [-0.1, -0.05) is 77.6 Å². The number of unbranched alkanes of at least 4 members (excludes halogenated alkanes) is 12. The van der Waals surface area contributed by atoms with Crippen LogP contribution >= 0.6 is 0 Å². The summed E-state index contributed by atoms with van der Waals surface area (Å²) in [6.45, 7) is 2.70. The normalized spacial score (nSPS) is 18.6. The second-order valence-corrected chi connectivity index (χ2v) is 11.1. The highest BCUT2D eigenvalue weighted by Gasteiger charge is 2.39. The van der Waals surface area contributed by atoms with Crippen molar-refractivity contribution in [3.05, 3.63) is 12.7 Å². The Labute approximate surface area is 244 Å². The number of rotatable bonds is 21. The Hall–Kier alpha value is -2.79. The highest BCUT2D eigenvalue weighted by atomic mass is 16.6. The molecule has 2 aromatic heterocycles. The van der Waals surface area contributed by atoms with Gasteiger partial charge in [-0.2, -0.15) is 0 Å². The highest BCUT2D eigenvalue weighted by Crippen LogP contribution is 2.33. The first-order valence-corrected chi connectivity index (χ1v) is 15.7. The zero-order chi connectivity index (χ0) is 29.3.